The molecule has 10 heteroatoms. The van der Waals surface area contributed by atoms with E-state index in [1.54, 1.807) is 26.6 Å². The van der Waals surface area contributed by atoms with E-state index in [2.05, 4.69) is 20.5 Å². The smallest absolute Gasteiger partial charge is 0.224 e. The number of methoxy groups -OCH3 is 1. The van der Waals surface area contributed by atoms with E-state index in [1.807, 2.05) is 43.3 Å². The topological polar surface area (TPSA) is 122 Å². The van der Waals surface area contributed by atoms with Crippen LogP contribution in [0.2, 0.25) is 0 Å². The number of hydrogen-bond donors (Lipinski definition) is 3. The van der Waals surface area contributed by atoms with Gasteiger partial charge in [-0.1, -0.05) is 24.3 Å². The Balaban J connectivity index is 0.00000306. The lowest BCUT2D eigenvalue weighted by atomic mass is 10.1. The second-order valence-corrected chi connectivity index (χ2v) is 7.79. The van der Waals surface area contributed by atoms with Crippen LogP contribution in [0, 0.1) is 18.3 Å². The molecule has 174 valence electrons. The van der Waals surface area contributed by atoms with Crippen LogP contribution >= 0.6 is 24.0 Å². The molecule has 1 fully saturated rings. The fourth-order valence-electron chi connectivity index (χ4n) is 3.53. The minimum atomic E-state index is 0. The number of hydrogen-bond acceptors (Lipinski definition) is 8. The summed E-state index contributed by atoms with van der Waals surface area (Å²) in [6, 6.07) is 11.5. The van der Waals surface area contributed by atoms with Crippen LogP contribution in [0.5, 0.6) is 11.6 Å². The van der Waals surface area contributed by atoms with Crippen LogP contribution in [0.1, 0.15) is 29.4 Å². The van der Waals surface area contributed by atoms with Crippen molar-refractivity contribution in [2.45, 2.75) is 19.3 Å². The second-order valence-electron chi connectivity index (χ2n) is 7.79. The highest BCUT2D eigenvalue weighted by molar-refractivity contribution is 14.0. The summed E-state index contributed by atoms with van der Waals surface area (Å²) in [7, 11) is 3.32. The van der Waals surface area contributed by atoms with E-state index in [4.69, 9.17) is 20.7 Å². The summed E-state index contributed by atoms with van der Waals surface area (Å²) in [6.45, 7) is 2.41. The third-order valence-electron chi connectivity index (χ3n) is 5.60. The van der Waals surface area contributed by atoms with Crippen molar-refractivity contribution in [2.24, 2.45) is 11.8 Å². The highest BCUT2D eigenvalue weighted by Gasteiger charge is 2.40. The lowest BCUT2D eigenvalue weighted by molar-refractivity contribution is 0.285. The van der Waals surface area contributed by atoms with Gasteiger partial charge in [0.05, 0.1) is 25.5 Å². The molecule has 1 aromatic carbocycles. The summed E-state index contributed by atoms with van der Waals surface area (Å²) in [5.41, 5.74) is 5.97. The summed E-state index contributed by atoms with van der Waals surface area (Å²) in [6.07, 6.45) is 4.57. The zero-order chi connectivity index (χ0) is 22.7. The Bertz CT molecular complexity index is 1090. The van der Waals surface area contributed by atoms with E-state index in [0.29, 0.717) is 30.1 Å². The summed E-state index contributed by atoms with van der Waals surface area (Å²) in [5, 5.41) is 9.57. The zero-order valence-corrected chi connectivity index (χ0v) is 21.1. The molecule has 2 atom stereocenters. The molecule has 1 aliphatic rings. The number of nitrogens with two attached hydrogens (primary N) is 1. The normalized spacial score (nSPS) is 16.5. The first-order valence-electron chi connectivity index (χ1n) is 10.4. The maximum Gasteiger partial charge on any atom is 0.224 e. The molecule has 4 rings (SSSR count). The van der Waals surface area contributed by atoms with Gasteiger partial charge < -0.3 is 9.47 Å². The lowest BCUT2D eigenvalue weighted by Gasteiger charge is -2.18. The Morgan fingerprint density at radius 3 is 2.58 bits per heavy atom. The number of amidine groups is 1. The van der Waals surface area contributed by atoms with Crippen molar-refractivity contribution in [3.8, 4) is 22.8 Å². The zero-order valence-electron chi connectivity index (χ0n) is 18.8. The van der Waals surface area contributed by atoms with Crippen molar-refractivity contribution < 1.29 is 9.47 Å². The van der Waals surface area contributed by atoms with Crippen molar-refractivity contribution in [3.05, 3.63) is 65.9 Å². The molecular formula is C23H28IN7O2. The Morgan fingerprint density at radius 2 is 1.94 bits per heavy atom. The fourth-order valence-corrected chi connectivity index (χ4v) is 3.53. The quantitative estimate of drug-likeness (QED) is 0.126. The molecule has 0 radical (unpaired) electrons. The molecule has 9 nitrogen and oxygen atoms in total. The average Bonchev–Trinajstić information content (AvgIpc) is 3.62. The number of halogens is 1. The van der Waals surface area contributed by atoms with E-state index in [9.17, 15) is 0 Å². The molecule has 3 aromatic rings. The molecule has 2 aromatic heterocycles. The molecule has 1 saturated carbocycles. The summed E-state index contributed by atoms with van der Waals surface area (Å²) in [4.78, 5) is 13.4. The van der Waals surface area contributed by atoms with Gasteiger partial charge in [0.2, 0.25) is 5.88 Å². The number of nitrogens with zero attached hydrogens (tertiary/aromatic N) is 4. The predicted octanol–water partition coefficient (Wildman–Crippen LogP) is 3.29. The van der Waals surface area contributed by atoms with Crippen molar-refractivity contribution >= 4 is 29.8 Å². The van der Waals surface area contributed by atoms with Crippen molar-refractivity contribution in [1.82, 2.24) is 25.5 Å². The standard InChI is InChI=1S/C23H27N7O2.HI/c1-14-26-12-20(15-4-6-16(7-5-15)22(24)30(2)29-25)23(28-14)32-13-17-10-19(17)21-9-8-18(31-3)11-27-21;/h4-9,11-12,17,19,24,29H,10,13,25H2,1-3H3;1H. The van der Waals surface area contributed by atoms with Gasteiger partial charge in [-0.25, -0.2) is 4.98 Å². The third kappa shape index (κ3) is 5.75. The van der Waals surface area contributed by atoms with Gasteiger partial charge in [-0.15, -0.1) is 24.0 Å². The van der Waals surface area contributed by atoms with Gasteiger partial charge in [-0.3, -0.25) is 21.2 Å². The van der Waals surface area contributed by atoms with Gasteiger partial charge in [-0.2, -0.15) is 10.5 Å². The van der Waals surface area contributed by atoms with Gasteiger partial charge in [-0.05, 0) is 31.0 Å². The molecule has 0 aliphatic heterocycles. The van der Waals surface area contributed by atoms with E-state index in [0.717, 1.165) is 34.6 Å². The number of benzene rings is 1. The maximum absolute atomic E-state index is 8.14. The number of aromatic nitrogens is 3. The summed E-state index contributed by atoms with van der Waals surface area (Å²) < 4.78 is 11.3. The van der Waals surface area contributed by atoms with Crippen molar-refractivity contribution in [2.75, 3.05) is 20.8 Å². The molecule has 2 heterocycles. The Morgan fingerprint density at radius 1 is 1.18 bits per heavy atom. The third-order valence-corrected chi connectivity index (χ3v) is 5.60. The van der Waals surface area contributed by atoms with E-state index in [1.165, 1.54) is 5.01 Å². The lowest BCUT2D eigenvalue weighted by Crippen LogP contribution is -2.43. The molecule has 4 N–H and O–H groups in total. The highest BCUT2D eigenvalue weighted by atomic mass is 127. The number of aryl methyl sites for hydroxylation is 1. The van der Waals surface area contributed by atoms with Gasteiger partial charge in [0.15, 0.2) is 0 Å². The minimum Gasteiger partial charge on any atom is -0.495 e. The molecule has 1 aliphatic carbocycles. The number of pyridine rings is 1. The van der Waals surface area contributed by atoms with Gasteiger partial charge in [0, 0.05) is 36.3 Å². The average molecular weight is 561 g/mol. The second kappa shape index (κ2) is 10.9. The van der Waals surface area contributed by atoms with Crippen LogP contribution in [-0.2, 0) is 0 Å². The maximum atomic E-state index is 8.14. The fraction of sp³-hybridized carbons (Fsp3) is 0.304. The first kappa shape index (κ1) is 24.8. The van der Waals surface area contributed by atoms with Crippen LogP contribution in [0.3, 0.4) is 0 Å². The molecule has 0 bridgehead atoms. The number of rotatable bonds is 8. The molecule has 2 unspecified atom stereocenters. The Hall–Kier alpha value is -2.83. The first-order valence-corrected chi connectivity index (χ1v) is 10.4. The predicted molar refractivity (Wildman–Crippen MR) is 137 cm³/mol. The van der Waals surface area contributed by atoms with Gasteiger partial charge in [0.1, 0.15) is 17.4 Å². The van der Waals surface area contributed by atoms with Crippen LogP contribution < -0.4 is 20.9 Å². The Labute approximate surface area is 210 Å². The van der Waals surface area contributed by atoms with Gasteiger partial charge in [0.25, 0.3) is 0 Å². The van der Waals surface area contributed by atoms with Gasteiger partial charge >= 0.3 is 0 Å². The first-order chi connectivity index (χ1) is 15.5. The number of ether oxygens (including phenoxy) is 2. The minimum absolute atomic E-state index is 0. The monoisotopic (exact) mass is 561 g/mol. The van der Waals surface area contributed by atoms with Crippen LogP contribution in [0.25, 0.3) is 11.1 Å². The van der Waals surface area contributed by atoms with E-state index < -0.39 is 0 Å². The van der Waals surface area contributed by atoms with E-state index >= 15 is 0 Å². The van der Waals surface area contributed by atoms with E-state index in [-0.39, 0.29) is 29.8 Å². The Kier molecular flexibility index (Phi) is 8.16. The highest BCUT2D eigenvalue weighted by Crippen LogP contribution is 2.47. The summed E-state index contributed by atoms with van der Waals surface area (Å²) >= 11 is 0. The van der Waals surface area contributed by atoms with Crippen LogP contribution in [-0.4, -0.2) is 46.6 Å². The molecule has 33 heavy (non-hydrogen) atoms. The molecular weight excluding hydrogens is 533 g/mol. The largest absolute Gasteiger partial charge is 0.495 e. The molecule has 0 saturated heterocycles. The molecule has 0 amide bonds. The number of nitrogens with one attached hydrogen (secondary N) is 2. The summed E-state index contributed by atoms with van der Waals surface area (Å²) in [5.74, 6) is 8.42. The van der Waals surface area contributed by atoms with Crippen LogP contribution in [0.15, 0.2) is 48.8 Å². The number of hydrazine groups is 2. The van der Waals surface area contributed by atoms with Crippen molar-refractivity contribution in [3.63, 3.8) is 0 Å². The van der Waals surface area contributed by atoms with Crippen molar-refractivity contribution in [1.29, 1.82) is 5.41 Å². The molecule has 0 spiro atoms. The SMILES string of the molecule is COc1ccc(C2CC2COc2nc(C)ncc2-c2ccc(C(=N)N(C)NN)cc2)nc1.I. The van der Waals surface area contributed by atoms with Crippen LogP contribution in [0.4, 0.5) is 0 Å².